The van der Waals surface area contributed by atoms with Gasteiger partial charge in [-0.05, 0) is 18.8 Å². The fourth-order valence-electron chi connectivity index (χ4n) is 2.00. The van der Waals surface area contributed by atoms with Crippen LogP contribution in [0.25, 0.3) is 0 Å². The van der Waals surface area contributed by atoms with Gasteiger partial charge in [0.2, 0.25) is 17.7 Å². The number of likely N-dealkylation sites (N-methyl/N-ethyl adjacent to an activating group) is 1. The Morgan fingerprint density at radius 1 is 1.45 bits per heavy atom. The summed E-state index contributed by atoms with van der Waals surface area (Å²) in [6.07, 6.45) is 1.49. The average Bonchev–Trinajstić information content (AvgIpc) is 2.40. The van der Waals surface area contributed by atoms with Gasteiger partial charge in [-0.1, -0.05) is 13.8 Å². The summed E-state index contributed by atoms with van der Waals surface area (Å²) in [5.74, 6) is -0.813. The summed E-state index contributed by atoms with van der Waals surface area (Å²) in [7, 11) is 1.71. The topological polar surface area (TPSA) is 105 Å². The maximum Gasteiger partial charge on any atom is 0.244 e. The van der Waals surface area contributed by atoms with Gasteiger partial charge in [-0.3, -0.25) is 14.4 Å². The third kappa shape index (κ3) is 4.48. The molecule has 0 saturated carbocycles. The first-order valence-corrected chi connectivity index (χ1v) is 6.90. The minimum absolute atomic E-state index is 0.00614. The first-order chi connectivity index (χ1) is 9.32. The molecular formula is C13H24N4O3. The Balaban J connectivity index is 2.37. The zero-order valence-corrected chi connectivity index (χ0v) is 12.3. The zero-order valence-electron chi connectivity index (χ0n) is 12.3. The highest BCUT2D eigenvalue weighted by Crippen LogP contribution is 2.09. The van der Waals surface area contributed by atoms with Crippen LogP contribution in [0.2, 0.25) is 0 Å². The van der Waals surface area contributed by atoms with E-state index in [1.807, 2.05) is 13.8 Å². The van der Waals surface area contributed by atoms with Crippen molar-refractivity contribution in [2.24, 2.45) is 11.7 Å². The third-order valence-corrected chi connectivity index (χ3v) is 3.44. The Morgan fingerprint density at radius 2 is 2.10 bits per heavy atom. The largest absolute Gasteiger partial charge is 0.346 e. The SMILES string of the molecule is CC(C)[C@H](N)C(=O)NCC(=O)NC1CCCN(C)C1=O. The van der Waals surface area contributed by atoms with Gasteiger partial charge in [-0.2, -0.15) is 0 Å². The molecule has 1 unspecified atom stereocenters. The second kappa shape index (κ2) is 7.23. The normalized spacial score (nSPS) is 20.8. The Hall–Kier alpha value is -1.63. The molecular weight excluding hydrogens is 260 g/mol. The minimum atomic E-state index is -0.634. The number of rotatable bonds is 5. The van der Waals surface area contributed by atoms with Crippen molar-refractivity contribution in [2.75, 3.05) is 20.1 Å². The van der Waals surface area contributed by atoms with Gasteiger partial charge in [-0.15, -0.1) is 0 Å². The Bertz CT molecular complexity index is 384. The van der Waals surface area contributed by atoms with E-state index >= 15 is 0 Å². The van der Waals surface area contributed by atoms with Crippen LogP contribution in [0, 0.1) is 5.92 Å². The summed E-state index contributed by atoms with van der Waals surface area (Å²) in [4.78, 5) is 36.7. The lowest BCUT2D eigenvalue weighted by Crippen LogP contribution is -2.53. The number of likely N-dealkylation sites (tertiary alicyclic amines) is 1. The predicted octanol–water partition coefficient (Wildman–Crippen LogP) is -1.18. The monoisotopic (exact) mass is 284 g/mol. The molecule has 2 atom stereocenters. The van der Waals surface area contributed by atoms with Gasteiger partial charge in [0.25, 0.3) is 0 Å². The van der Waals surface area contributed by atoms with Gasteiger partial charge in [-0.25, -0.2) is 0 Å². The molecule has 0 aromatic rings. The molecule has 1 rings (SSSR count). The molecule has 0 aliphatic carbocycles. The van der Waals surface area contributed by atoms with Gasteiger partial charge in [0.1, 0.15) is 6.04 Å². The van der Waals surface area contributed by atoms with Gasteiger partial charge in [0, 0.05) is 13.6 Å². The molecule has 1 aliphatic heterocycles. The predicted molar refractivity (Wildman–Crippen MR) is 74.6 cm³/mol. The lowest BCUT2D eigenvalue weighted by molar-refractivity contribution is -0.137. The molecule has 114 valence electrons. The molecule has 1 aliphatic rings. The van der Waals surface area contributed by atoms with Crippen LogP contribution in [-0.4, -0.2) is 54.8 Å². The minimum Gasteiger partial charge on any atom is -0.346 e. The van der Waals surface area contributed by atoms with Crippen LogP contribution in [-0.2, 0) is 14.4 Å². The first-order valence-electron chi connectivity index (χ1n) is 6.90. The first kappa shape index (κ1) is 16.4. The van der Waals surface area contributed by atoms with E-state index in [2.05, 4.69) is 10.6 Å². The molecule has 4 N–H and O–H groups in total. The highest BCUT2D eigenvalue weighted by molar-refractivity contribution is 5.91. The second-order valence-corrected chi connectivity index (χ2v) is 5.51. The molecule has 3 amide bonds. The van der Waals surface area contributed by atoms with Gasteiger partial charge < -0.3 is 21.3 Å². The standard InChI is InChI=1S/C13H24N4O3/c1-8(2)11(14)12(19)15-7-10(18)16-9-5-4-6-17(3)13(9)20/h8-9,11H,4-7,14H2,1-3H3,(H,15,19)(H,16,18)/t9?,11-/m0/s1. The molecule has 1 saturated heterocycles. The van der Waals surface area contributed by atoms with Crippen molar-refractivity contribution in [1.82, 2.24) is 15.5 Å². The number of carbonyl (C=O) groups is 3. The van der Waals surface area contributed by atoms with E-state index in [0.29, 0.717) is 13.0 Å². The summed E-state index contributed by atoms with van der Waals surface area (Å²) in [6, 6.07) is -1.12. The van der Waals surface area contributed by atoms with Crippen LogP contribution in [0.15, 0.2) is 0 Å². The molecule has 1 heterocycles. The van der Waals surface area contributed by atoms with Gasteiger partial charge >= 0.3 is 0 Å². The fourth-order valence-corrected chi connectivity index (χ4v) is 2.00. The van der Waals surface area contributed by atoms with E-state index in [1.165, 1.54) is 0 Å². The number of nitrogens with zero attached hydrogens (tertiary/aromatic N) is 1. The van der Waals surface area contributed by atoms with Crippen LogP contribution >= 0.6 is 0 Å². The highest BCUT2D eigenvalue weighted by atomic mass is 16.2. The average molecular weight is 284 g/mol. The van der Waals surface area contributed by atoms with Gasteiger partial charge in [0.15, 0.2) is 0 Å². The molecule has 0 aromatic heterocycles. The van der Waals surface area contributed by atoms with Crippen molar-refractivity contribution < 1.29 is 14.4 Å². The molecule has 1 fully saturated rings. The number of nitrogens with two attached hydrogens (primary N) is 1. The zero-order chi connectivity index (χ0) is 15.3. The maximum absolute atomic E-state index is 11.8. The van der Waals surface area contributed by atoms with E-state index in [0.717, 1.165) is 6.42 Å². The quantitative estimate of drug-likeness (QED) is 0.591. The van der Waals surface area contributed by atoms with Crippen molar-refractivity contribution >= 4 is 17.7 Å². The summed E-state index contributed by atoms with van der Waals surface area (Å²) in [5.41, 5.74) is 5.67. The Kier molecular flexibility index (Phi) is 5.94. The Morgan fingerprint density at radius 3 is 2.70 bits per heavy atom. The van der Waals surface area contributed by atoms with E-state index in [1.54, 1.807) is 11.9 Å². The fraction of sp³-hybridized carbons (Fsp3) is 0.769. The summed E-state index contributed by atoms with van der Waals surface area (Å²) in [5, 5.41) is 5.12. The smallest absolute Gasteiger partial charge is 0.244 e. The molecule has 7 nitrogen and oxygen atoms in total. The van der Waals surface area contributed by atoms with Crippen molar-refractivity contribution in [3.8, 4) is 0 Å². The van der Waals surface area contributed by atoms with Crippen molar-refractivity contribution in [2.45, 2.75) is 38.8 Å². The number of hydrogen-bond donors (Lipinski definition) is 3. The molecule has 0 aromatic carbocycles. The van der Waals surface area contributed by atoms with E-state index < -0.39 is 12.1 Å². The van der Waals surface area contributed by atoms with E-state index in [-0.39, 0.29) is 30.2 Å². The van der Waals surface area contributed by atoms with Gasteiger partial charge in [0.05, 0.1) is 12.6 Å². The molecule has 20 heavy (non-hydrogen) atoms. The number of hydrogen-bond acceptors (Lipinski definition) is 4. The van der Waals surface area contributed by atoms with Crippen LogP contribution in [0.5, 0.6) is 0 Å². The molecule has 0 radical (unpaired) electrons. The van der Waals surface area contributed by atoms with Crippen molar-refractivity contribution in [3.05, 3.63) is 0 Å². The van der Waals surface area contributed by atoms with Crippen molar-refractivity contribution in [3.63, 3.8) is 0 Å². The molecule has 0 bridgehead atoms. The van der Waals surface area contributed by atoms with Crippen LogP contribution in [0.3, 0.4) is 0 Å². The number of nitrogens with one attached hydrogen (secondary N) is 2. The number of piperidine rings is 1. The third-order valence-electron chi connectivity index (χ3n) is 3.44. The lowest BCUT2D eigenvalue weighted by Gasteiger charge is -2.29. The van der Waals surface area contributed by atoms with Crippen LogP contribution in [0.1, 0.15) is 26.7 Å². The maximum atomic E-state index is 11.8. The molecule has 7 heteroatoms. The highest BCUT2D eigenvalue weighted by Gasteiger charge is 2.27. The molecule has 0 spiro atoms. The lowest BCUT2D eigenvalue weighted by atomic mass is 10.0. The number of amides is 3. The summed E-state index contributed by atoms with van der Waals surface area (Å²) < 4.78 is 0. The summed E-state index contributed by atoms with van der Waals surface area (Å²) >= 11 is 0. The Labute approximate surface area is 119 Å². The van der Waals surface area contributed by atoms with E-state index in [4.69, 9.17) is 5.73 Å². The summed E-state index contributed by atoms with van der Waals surface area (Å²) in [6.45, 7) is 4.22. The second-order valence-electron chi connectivity index (χ2n) is 5.51. The van der Waals surface area contributed by atoms with Crippen LogP contribution < -0.4 is 16.4 Å². The van der Waals surface area contributed by atoms with Crippen LogP contribution in [0.4, 0.5) is 0 Å². The van der Waals surface area contributed by atoms with E-state index in [9.17, 15) is 14.4 Å². The number of carbonyl (C=O) groups excluding carboxylic acids is 3. The van der Waals surface area contributed by atoms with Crippen molar-refractivity contribution in [1.29, 1.82) is 0 Å².